The van der Waals surface area contributed by atoms with E-state index >= 15 is 0 Å². The molecule has 0 radical (unpaired) electrons. The highest BCUT2D eigenvalue weighted by atomic mass is 16.4. The third-order valence-corrected chi connectivity index (χ3v) is 6.52. The molecule has 1 aliphatic rings. The van der Waals surface area contributed by atoms with Crippen LogP contribution in [0.1, 0.15) is 45.2 Å². The maximum atomic E-state index is 13.5. The number of hydrogen-bond acceptors (Lipinski definition) is 5. The molecule has 0 saturated carbocycles. The number of carboxylic acid groups (broad SMARTS) is 1. The van der Waals surface area contributed by atoms with Crippen LogP contribution in [0, 0.1) is 12.8 Å². The van der Waals surface area contributed by atoms with Crippen molar-refractivity contribution in [1.82, 2.24) is 15.1 Å². The summed E-state index contributed by atoms with van der Waals surface area (Å²) in [4.78, 5) is 65.3. The van der Waals surface area contributed by atoms with Gasteiger partial charge in [-0.3, -0.25) is 14.4 Å². The van der Waals surface area contributed by atoms with Gasteiger partial charge in [0.25, 0.3) is 5.91 Å². The van der Waals surface area contributed by atoms with Crippen molar-refractivity contribution in [2.45, 2.75) is 59.2 Å². The smallest absolute Gasteiger partial charge is 0.328 e. The Bertz CT molecular complexity index is 1260. The minimum atomic E-state index is -1.23. The van der Waals surface area contributed by atoms with Crippen LogP contribution in [0.5, 0.6) is 0 Å². The van der Waals surface area contributed by atoms with Gasteiger partial charge in [-0.2, -0.15) is 0 Å². The van der Waals surface area contributed by atoms with E-state index in [-0.39, 0.29) is 18.9 Å². The molecule has 6 amide bonds. The molecule has 0 spiro atoms. The second kappa shape index (κ2) is 12.0. The molecule has 1 fully saturated rings. The van der Waals surface area contributed by atoms with Gasteiger partial charge in [-0.1, -0.05) is 44.2 Å². The third-order valence-electron chi connectivity index (χ3n) is 6.52. The minimum Gasteiger partial charge on any atom is -0.480 e. The molecule has 1 atom stereocenters. The zero-order chi connectivity index (χ0) is 28.9. The molecular formula is C28H35N5O6. The van der Waals surface area contributed by atoms with Gasteiger partial charge in [-0.05, 0) is 62.4 Å². The van der Waals surface area contributed by atoms with Crippen LogP contribution in [-0.4, -0.2) is 62.9 Å². The van der Waals surface area contributed by atoms with E-state index in [1.807, 2.05) is 39.0 Å². The Balaban J connectivity index is 1.73. The maximum Gasteiger partial charge on any atom is 0.328 e. The molecule has 0 aromatic heterocycles. The molecule has 0 bridgehead atoms. The first kappa shape index (κ1) is 29.2. The van der Waals surface area contributed by atoms with E-state index < -0.39 is 48.0 Å². The van der Waals surface area contributed by atoms with Crippen LogP contribution in [-0.2, 0) is 20.9 Å². The van der Waals surface area contributed by atoms with E-state index in [1.54, 1.807) is 44.2 Å². The number of carboxylic acids is 1. The highest BCUT2D eigenvalue weighted by Crippen LogP contribution is 2.32. The lowest BCUT2D eigenvalue weighted by molar-refractivity contribution is -0.141. The summed E-state index contributed by atoms with van der Waals surface area (Å²) < 4.78 is 0. The molecule has 1 saturated heterocycles. The van der Waals surface area contributed by atoms with E-state index in [9.17, 15) is 24.0 Å². The normalized spacial score (nSPS) is 15.3. The van der Waals surface area contributed by atoms with E-state index in [4.69, 9.17) is 5.11 Å². The molecule has 39 heavy (non-hydrogen) atoms. The van der Waals surface area contributed by atoms with Crippen molar-refractivity contribution < 1.29 is 29.1 Å². The summed E-state index contributed by atoms with van der Waals surface area (Å²) >= 11 is 0. The summed E-state index contributed by atoms with van der Waals surface area (Å²) in [6.07, 6.45) is 0.192. The van der Waals surface area contributed by atoms with Gasteiger partial charge in [0.15, 0.2) is 0 Å². The van der Waals surface area contributed by atoms with Crippen molar-refractivity contribution in [3.63, 3.8) is 0 Å². The van der Waals surface area contributed by atoms with Crippen LogP contribution in [0.2, 0.25) is 0 Å². The Morgan fingerprint density at radius 2 is 1.62 bits per heavy atom. The number of aryl methyl sites for hydroxylation is 1. The number of amides is 6. The number of aliphatic carboxylic acids is 1. The van der Waals surface area contributed by atoms with Crippen LogP contribution in [0.15, 0.2) is 48.5 Å². The quantitative estimate of drug-likeness (QED) is 0.339. The lowest BCUT2D eigenvalue weighted by Crippen LogP contribution is -2.52. The molecule has 1 heterocycles. The van der Waals surface area contributed by atoms with Gasteiger partial charge in [-0.25, -0.2) is 14.5 Å². The number of benzene rings is 2. The van der Waals surface area contributed by atoms with Gasteiger partial charge >= 0.3 is 18.0 Å². The average molecular weight is 538 g/mol. The fraction of sp³-hybridized carbons (Fsp3) is 0.393. The van der Waals surface area contributed by atoms with Gasteiger partial charge in [0.2, 0.25) is 5.91 Å². The van der Waals surface area contributed by atoms with Crippen molar-refractivity contribution in [3.8, 4) is 0 Å². The lowest BCUT2D eigenvalue weighted by Gasteiger charge is -2.28. The number of imide groups is 1. The first-order chi connectivity index (χ1) is 18.3. The molecule has 2 aromatic carbocycles. The predicted molar refractivity (Wildman–Crippen MR) is 146 cm³/mol. The second-order valence-corrected chi connectivity index (χ2v) is 10.5. The number of carbonyl (C=O) groups excluding carboxylic acids is 4. The third kappa shape index (κ3) is 6.92. The topological polar surface area (TPSA) is 148 Å². The van der Waals surface area contributed by atoms with Gasteiger partial charge < -0.3 is 26.0 Å². The zero-order valence-electron chi connectivity index (χ0n) is 22.8. The molecule has 0 unspecified atom stereocenters. The Kier molecular flexibility index (Phi) is 8.95. The summed E-state index contributed by atoms with van der Waals surface area (Å²) in [5.41, 5.74) is 1.65. The molecule has 208 valence electrons. The largest absolute Gasteiger partial charge is 0.480 e. The van der Waals surface area contributed by atoms with Crippen LogP contribution in [0.4, 0.5) is 21.0 Å². The standard InChI is InChI=1S/C28H35N5O6/c1-17(2)14-22(24(36)29-15-23(34)35)33-25(37)28(4,5)32(27(33)39)16-19-10-12-20(13-11-19)30-26(38)31-21-9-7-6-8-18(21)3/h6-13,17,22H,14-16H2,1-5H3,(H,29,36)(H,34,35)(H2,30,31,38)/t22-/m0/s1. The SMILES string of the molecule is Cc1ccccc1NC(=O)Nc1ccc(CN2C(=O)N([C@@H](CC(C)C)C(=O)NCC(=O)O)C(=O)C2(C)C)cc1. The summed E-state index contributed by atoms with van der Waals surface area (Å²) in [6, 6.07) is 12.1. The van der Waals surface area contributed by atoms with Gasteiger partial charge in [0, 0.05) is 17.9 Å². The highest BCUT2D eigenvalue weighted by Gasteiger charge is 2.54. The summed E-state index contributed by atoms with van der Waals surface area (Å²) in [6.45, 7) is 8.30. The molecule has 4 N–H and O–H groups in total. The number of anilines is 2. The number of rotatable bonds is 10. The van der Waals surface area contributed by atoms with Gasteiger partial charge in [-0.15, -0.1) is 0 Å². The molecule has 11 nitrogen and oxygen atoms in total. The van der Waals surface area contributed by atoms with Gasteiger partial charge in [0.1, 0.15) is 18.1 Å². The van der Waals surface area contributed by atoms with E-state index in [0.29, 0.717) is 16.9 Å². The lowest BCUT2D eigenvalue weighted by atomic mass is 9.99. The first-order valence-corrected chi connectivity index (χ1v) is 12.7. The van der Waals surface area contributed by atoms with E-state index in [1.165, 1.54) is 4.90 Å². The molecule has 1 aliphatic heterocycles. The number of carbonyl (C=O) groups is 5. The Morgan fingerprint density at radius 1 is 0.974 bits per heavy atom. The molecule has 2 aromatic rings. The molecule has 11 heteroatoms. The van der Waals surface area contributed by atoms with Crippen LogP contribution < -0.4 is 16.0 Å². The first-order valence-electron chi connectivity index (χ1n) is 12.7. The summed E-state index contributed by atoms with van der Waals surface area (Å²) in [7, 11) is 0. The van der Waals surface area contributed by atoms with Crippen LogP contribution in [0.25, 0.3) is 0 Å². The monoisotopic (exact) mass is 537 g/mol. The van der Waals surface area contributed by atoms with Crippen molar-refractivity contribution in [2.75, 3.05) is 17.2 Å². The average Bonchev–Trinajstić information content (AvgIpc) is 3.02. The zero-order valence-corrected chi connectivity index (χ0v) is 22.8. The van der Waals surface area contributed by atoms with Crippen molar-refractivity contribution >= 4 is 41.2 Å². The fourth-order valence-electron chi connectivity index (χ4n) is 4.34. The van der Waals surface area contributed by atoms with Crippen LogP contribution in [0.3, 0.4) is 0 Å². The molecule has 0 aliphatic carbocycles. The summed E-state index contributed by atoms with van der Waals surface area (Å²) in [5.74, 6) is -2.48. The predicted octanol–water partition coefficient (Wildman–Crippen LogP) is 3.80. The Morgan fingerprint density at radius 3 is 2.21 bits per heavy atom. The number of para-hydroxylation sites is 1. The number of hydrogen-bond donors (Lipinski definition) is 4. The van der Waals surface area contributed by atoms with E-state index in [0.717, 1.165) is 10.5 Å². The van der Waals surface area contributed by atoms with E-state index in [2.05, 4.69) is 16.0 Å². The number of nitrogens with zero attached hydrogens (tertiary/aromatic N) is 2. The fourth-order valence-corrected chi connectivity index (χ4v) is 4.34. The molecule has 3 rings (SSSR count). The van der Waals surface area contributed by atoms with Crippen molar-refractivity contribution in [3.05, 3.63) is 59.7 Å². The number of nitrogens with one attached hydrogen (secondary N) is 3. The highest BCUT2D eigenvalue weighted by molar-refractivity contribution is 6.09. The van der Waals surface area contributed by atoms with Crippen molar-refractivity contribution in [1.29, 1.82) is 0 Å². The van der Waals surface area contributed by atoms with Crippen LogP contribution >= 0.6 is 0 Å². The maximum absolute atomic E-state index is 13.5. The molecular weight excluding hydrogens is 502 g/mol. The Labute approximate surface area is 227 Å². The number of urea groups is 2. The van der Waals surface area contributed by atoms with Gasteiger partial charge in [0.05, 0.1) is 0 Å². The minimum absolute atomic E-state index is 0.0357. The Hall–Kier alpha value is -4.41. The second-order valence-electron chi connectivity index (χ2n) is 10.5. The summed E-state index contributed by atoms with van der Waals surface area (Å²) in [5, 5.41) is 16.8. The van der Waals surface area contributed by atoms with Crippen molar-refractivity contribution in [2.24, 2.45) is 5.92 Å².